The van der Waals surface area contributed by atoms with Crippen molar-refractivity contribution in [1.29, 1.82) is 15.8 Å². The van der Waals surface area contributed by atoms with Crippen molar-refractivity contribution in [3.05, 3.63) is 64.9 Å². The fourth-order valence-electron chi connectivity index (χ4n) is 5.09. The molecule has 4 rings (SSSR count). The maximum atomic E-state index is 10.3. The van der Waals surface area contributed by atoms with Crippen LogP contribution in [0.1, 0.15) is 18.4 Å². The van der Waals surface area contributed by atoms with E-state index in [1.165, 1.54) is 0 Å². The zero-order chi connectivity index (χ0) is 22.2. The molecule has 1 heterocycles. The number of nitrogens with zero attached hydrogens (tertiary/aromatic N) is 4. The maximum Gasteiger partial charge on any atom is 0.191 e. The van der Waals surface area contributed by atoms with Crippen LogP contribution < -0.4 is 10.5 Å². The van der Waals surface area contributed by atoms with Crippen molar-refractivity contribution >= 4 is 10.8 Å². The Bertz CT molecular complexity index is 1220. The smallest absolute Gasteiger partial charge is 0.191 e. The number of fused-ring (bicyclic) bond motifs is 2. The van der Waals surface area contributed by atoms with E-state index in [1.807, 2.05) is 42.5 Å². The van der Waals surface area contributed by atoms with Crippen LogP contribution in [0.5, 0.6) is 5.75 Å². The molecule has 0 spiro atoms. The number of benzene rings is 2. The molecule has 0 bridgehead atoms. The molecule has 1 aliphatic heterocycles. The van der Waals surface area contributed by atoms with Gasteiger partial charge in [0.25, 0.3) is 0 Å². The van der Waals surface area contributed by atoms with Crippen LogP contribution in [0.2, 0.25) is 0 Å². The van der Waals surface area contributed by atoms with E-state index < -0.39 is 11.3 Å². The molecule has 6 heteroatoms. The molecule has 154 valence electrons. The van der Waals surface area contributed by atoms with Gasteiger partial charge in [-0.1, -0.05) is 43.3 Å². The highest BCUT2D eigenvalue weighted by Crippen LogP contribution is 2.55. The van der Waals surface area contributed by atoms with Gasteiger partial charge in [-0.2, -0.15) is 15.8 Å². The van der Waals surface area contributed by atoms with E-state index in [4.69, 9.17) is 10.5 Å². The van der Waals surface area contributed by atoms with Gasteiger partial charge < -0.3 is 10.5 Å². The van der Waals surface area contributed by atoms with Crippen molar-refractivity contribution in [1.82, 2.24) is 4.90 Å². The van der Waals surface area contributed by atoms with Crippen LogP contribution >= 0.6 is 0 Å². The quantitative estimate of drug-likeness (QED) is 0.829. The molecule has 2 aromatic carbocycles. The molecular weight excluding hydrogens is 386 g/mol. The van der Waals surface area contributed by atoms with Gasteiger partial charge in [-0.05, 0) is 29.1 Å². The number of ether oxygens (including phenoxy) is 1. The predicted octanol–water partition coefficient (Wildman–Crippen LogP) is 3.59. The number of hydrogen-bond acceptors (Lipinski definition) is 6. The molecule has 0 fully saturated rings. The van der Waals surface area contributed by atoms with Crippen LogP contribution in [-0.2, 0) is 0 Å². The van der Waals surface area contributed by atoms with Gasteiger partial charge in [0.1, 0.15) is 11.8 Å². The summed E-state index contributed by atoms with van der Waals surface area (Å²) in [5.74, 6) is 0.00764. The highest BCUT2D eigenvalue weighted by Gasteiger charge is 2.54. The van der Waals surface area contributed by atoms with Crippen LogP contribution in [0.3, 0.4) is 0 Å². The Hall–Kier alpha value is -3.79. The van der Waals surface area contributed by atoms with Gasteiger partial charge in [-0.3, -0.25) is 4.90 Å². The number of allylic oxidation sites excluding steroid dienone is 2. The standard InChI is InChI=1S/C25H23N5O/c1-3-30-11-10-17-20(12-26)24(29)25(14-27,15-28)23(21(17)13-30)19-8-9-22(31-2)18-7-5-4-6-16(18)19/h4-10,21,23H,3,11,13,29H2,1-2H3/t21-,23-/m0/s1. The Morgan fingerprint density at radius 1 is 1.13 bits per heavy atom. The highest BCUT2D eigenvalue weighted by molar-refractivity contribution is 5.92. The Kier molecular flexibility index (Phi) is 5.15. The predicted molar refractivity (Wildman–Crippen MR) is 117 cm³/mol. The summed E-state index contributed by atoms with van der Waals surface area (Å²) < 4.78 is 5.54. The third kappa shape index (κ3) is 2.87. The van der Waals surface area contributed by atoms with Crippen LogP contribution in [0, 0.1) is 45.3 Å². The van der Waals surface area contributed by atoms with E-state index >= 15 is 0 Å². The lowest BCUT2D eigenvalue weighted by Crippen LogP contribution is -2.48. The van der Waals surface area contributed by atoms with E-state index in [0.29, 0.717) is 13.1 Å². The van der Waals surface area contributed by atoms with Crippen molar-refractivity contribution in [2.45, 2.75) is 12.8 Å². The van der Waals surface area contributed by atoms with Crippen molar-refractivity contribution in [3.8, 4) is 24.0 Å². The molecule has 0 radical (unpaired) electrons. The Balaban J connectivity index is 2.08. The lowest BCUT2D eigenvalue weighted by atomic mass is 9.57. The molecule has 0 amide bonds. The molecule has 31 heavy (non-hydrogen) atoms. The van der Waals surface area contributed by atoms with Gasteiger partial charge in [0.05, 0.1) is 30.5 Å². The van der Waals surface area contributed by atoms with Crippen molar-refractivity contribution in [2.24, 2.45) is 17.1 Å². The Morgan fingerprint density at radius 3 is 2.45 bits per heavy atom. The summed E-state index contributed by atoms with van der Waals surface area (Å²) in [6.07, 6.45) is 2.03. The molecule has 2 atom stereocenters. The lowest BCUT2D eigenvalue weighted by Gasteiger charge is -2.45. The van der Waals surface area contributed by atoms with Gasteiger partial charge in [0.15, 0.2) is 5.41 Å². The fraction of sp³-hybridized carbons (Fsp3) is 0.320. The molecule has 0 unspecified atom stereocenters. The number of nitriles is 3. The average Bonchev–Trinajstić information content (AvgIpc) is 2.82. The molecule has 2 aromatic rings. The highest BCUT2D eigenvalue weighted by atomic mass is 16.5. The van der Waals surface area contributed by atoms with E-state index in [9.17, 15) is 15.8 Å². The zero-order valence-electron chi connectivity index (χ0n) is 17.6. The largest absolute Gasteiger partial charge is 0.496 e. The summed E-state index contributed by atoms with van der Waals surface area (Å²) >= 11 is 0. The second-order valence-electron chi connectivity index (χ2n) is 7.93. The first-order chi connectivity index (χ1) is 15.1. The second-order valence-corrected chi connectivity index (χ2v) is 7.93. The molecular formula is C25H23N5O. The molecule has 0 saturated carbocycles. The molecule has 2 aliphatic rings. The third-order valence-electron chi connectivity index (χ3n) is 6.66. The van der Waals surface area contributed by atoms with Crippen molar-refractivity contribution in [2.75, 3.05) is 26.7 Å². The third-order valence-corrected chi connectivity index (χ3v) is 6.66. The number of hydrogen-bond donors (Lipinski definition) is 1. The number of methoxy groups -OCH3 is 1. The summed E-state index contributed by atoms with van der Waals surface area (Å²) in [6.45, 7) is 4.28. The topological polar surface area (TPSA) is 110 Å². The zero-order valence-corrected chi connectivity index (χ0v) is 17.6. The summed E-state index contributed by atoms with van der Waals surface area (Å²) in [4.78, 5) is 2.25. The van der Waals surface area contributed by atoms with Crippen LogP contribution in [-0.4, -0.2) is 31.6 Å². The minimum Gasteiger partial charge on any atom is -0.496 e. The van der Waals surface area contributed by atoms with Crippen molar-refractivity contribution < 1.29 is 4.74 Å². The van der Waals surface area contributed by atoms with Crippen LogP contribution in [0.4, 0.5) is 0 Å². The molecule has 0 saturated heterocycles. The molecule has 0 aromatic heterocycles. The number of likely N-dealkylation sites (N-methyl/N-ethyl adjacent to an activating group) is 1. The van der Waals surface area contributed by atoms with Gasteiger partial charge >= 0.3 is 0 Å². The number of rotatable bonds is 3. The lowest BCUT2D eigenvalue weighted by molar-refractivity contribution is 0.215. The summed E-state index contributed by atoms with van der Waals surface area (Å²) in [5, 5.41) is 32.3. The van der Waals surface area contributed by atoms with Crippen LogP contribution in [0.25, 0.3) is 10.8 Å². The molecule has 6 nitrogen and oxygen atoms in total. The fourth-order valence-corrected chi connectivity index (χ4v) is 5.09. The van der Waals surface area contributed by atoms with Gasteiger partial charge in [-0.15, -0.1) is 0 Å². The van der Waals surface area contributed by atoms with E-state index in [-0.39, 0.29) is 17.2 Å². The normalized spacial score (nSPS) is 22.6. The summed E-state index contributed by atoms with van der Waals surface area (Å²) in [7, 11) is 1.62. The first-order valence-electron chi connectivity index (χ1n) is 10.3. The van der Waals surface area contributed by atoms with Gasteiger partial charge in [0, 0.05) is 30.3 Å². The monoisotopic (exact) mass is 409 g/mol. The Labute approximate surface area is 182 Å². The minimum atomic E-state index is -1.64. The summed E-state index contributed by atoms with van der Waals surface area (Å²) in [6, 6.07) is 18.2. The first-order valence-corrected chi connectivity index (χ1v) is 10.3. The second kappa shape index (κ2) is 7.80. The average molecular weight is 409 g/mol. The summed E-state index contributed by atoms with van der Waals surface area (Å²) in [5.41, 5.74) is 6.83. The van der Waals surface area contributed by atoms with Crippen molar-refractivity contribution in [3.63, 3.8) is 0 Å². The molecule has 2 N–H and O–H groups in total. The van der Waals surface area contributed by atoms with E-state index in [2.05, 4.69) is 30.0 Å². The Morgan fingerprint density at radius 2 is 1.84 bits per heavy atom. The van der Waals surface area contributed by atoms with Crippen LogP contribution in [0.15, 0.2) is 59.3 Å². The van der Waals surface area contributed by atoms with E-state index in [1.54, 1.807) is 7.11 Å². The number of nitrogens with two attached hydrogens (primary N) is 1. The van der Waals surface area contributed by atoms with Gasteiger partial charge in [-0.25, -0.2) is 0 Å². The SMILES string of the molecule is CCN1CC=C2C(C#N)=C(N)C(C#N)(C#N)[C@@H](c3ccc(OC)c4ccccc34)[C@H]2C1. The minimum absolute atomic E-state index is 0.0531. The first kappa shape index (κ1) is 20.5. The maximum absolute atomic E-state index is 10.3. The van der Waals surface area contributed by atoms with E-state index in [0.717, 1.165) is 34.2 Å². The van der Waals surface area contributed by atoms with Gasteiger partial charge in [0.2, 0.25) is 0 Å². The molecule has 1 aliphatic carbocycles.